The number of nitrogens with one attached hydrogen (secondary N) is 1. The van der Waals surface area contributed by atoms with Crippen molar-refractivity contribution >= 4 is 5.91 Å². The van der Waals surface area contributed by atoms with Crippen molar-refractivity contribution in [3.63, 3.8) is 0 Å². The first-order chi connectivity index (χ1) is 12.0. The molecule has 1 saturated carbocycles. The minimum absolute atomic E-state index is 0.0362. The fourth-order valence-electron chi connectivity index (χ4n) is 4.48. The molecule has 0 aromatic carbocycles. The fraction of sp³-hybridized carbons (Fsp3) is 0.842. The molecule has 2 heterocycles. The van der Waals surface area contributed by atoms with Crippen molar-refractivity contribution in [3.8, 4) is 0 Å². The summed E-state index contributed by atoms with van der Waals surface area (Å²) in [6.07, 6.45) is 7.49. The highest BCUT2D eigenvalue weighted by Crippen LogP contribution is 2.33. The molecule has 1 aliphatic heterocycles. The Morgan fingerprint density at radius 1 is 1.28 bits per heavy atom. The van der Waals surface area contributed by atoms with Gasteiger partial charge in [0.1, 0.15) is 12.4 Å². The molecule has 0 saturated heterocycles. The van der Waals surface area contributed by atoms with Gasteiger partial charge in [-0.15, -0.1) is 0 Å². The Kier molecular flexibility index (Phi) is 5.64. The standard InChI is InChI=1S/C19H32N4O2/c1-13(2)15-9-8-14(3)11-16(15)20-18(24)12-23-19(25)22-10-6-4-5-7-17(22)21-23/h13-16H,4-12H2,1-3H3,(H,20,24). The van der Waals surface area contributed by atoms with Crippen molar-refractivity contribution in [3.05, 3.63) is 16.3 Å². The van der Waals surface area contributed by atoms with E-state index in [2.05, 4.69) is 31.2 Å². The van der Waals surface area contributed by atoms with Gasteiger partial charge in [-0.1, -0.05) is 33.6 Å². The Hall–Kier alpha value is -1.59. The largest absolute Gasteiger partial charge is 0.351 e. The molecule has 140 valence electrons. The lowest BCUT2D eigenvalue weighted by molar-refractivity contribution is -0.123. The van der Waals surface area contributed by atoms with E-state index in [-0.39, 0.29) is 24.2 Å². The van der Waals surface area contributed by atoms with E-state index in [0.29, 0.717) is 17.8 Å². The van der Waals surface area contributed by atoms with Crippen molar-refractivity contribution < 1.29 is 4.79 Å². The Bertz CT molecular complexity index is 661. The molecule has 1 amide bonds. The summed E-state index contributed by atoms with van der Waals surface area (Å²) in [7, 11) is 0. The highest BCUT2D eigenvalue weighted by atomic mass is 16.2. The van der Waals surface area contributed by atoms with Gasteiger partial charge in [0.25, 0.3) is 0 Å². The summed E-state index contributed by atoms with van der Waals surface area (Å²) in [5, 5.41) is 7.62. The summed E-state index contributed by atoms with van der Waals surface area (Å²) in [5.41, 5.74) is -0.135. The zero-order chi connectivity index (χ0) is 18.0. The van der Waals surface area contributed by atoms with Crippen LogP contribution in [0.2, 0.25) is 0 Å². The van der Waals surface area contributed by atoms with E-state index in [1.807, 2.05) is 0 Å². The normalized spacial score (nSPS) is 27.0. The lowest BCUT2D eigenvalue weighted by Crippen LogP contribution is -2.47. The predicted molar refractivity (Wildman–Crippen MR) is 97.3 cm³/mol. The molecule has 0 spiro atoms. The molecular weight excluding hydrogens is 316 g/mol. The molecule has 6 heteroatoms. The number of aromatic nitrogens is 3. The van der Waals surface area contributed by atoms with Crippen molar-refractivity contribution in [1.82, 2.24) is 19.7 Å². The second-order valence-corrected chi connectivity index (χ2v) is 8.32. The van der Waals surface area contributed by atoms with Gasteiger partial charge in [-0.25, -0.2) is 9.48 Å². The predicted octanol–water partition coefficient (Wildman–Crippen LogP) is 2.35. The monoisotopic (exact) mass is 348 g/mol. The summed E-state index contributed by atoms with van der Waals surface area (Å²) >= 11 is 0. The van der Waals surface area contributed by atoms with Gasteiger partial charge in [0.15, 0.2) is 0 Å². The second-order valence-electron chi connectivity index (χ2n) is 8.32. The van der Waals surface area contributed by atoms with Gasteiger partial charge in [-0.05, 0) is 43.4 Å². The van der Waals surface area contributed by atoms with Crippen LogP contribution in [0.15, 0.2) is 4.79 Å². The van der Waals surface area contributed by atoms with E-state index >= 15 is 0 Å². The molecular formula is C19H32N4O2. The highest BCUT2D eigenvalue weighted by molar-refractivity contribution is 5.76. The summed E-state index contributed by atoms with van der Waals surface area (Å²) in [4.78, 5) is 25.1. The van der Waals surface area contributed by atoms with E-state index in [0.717, 1.165) is 44.5 Å². The van der Waals surface area contributed by atoms with Crippen LogP contribution in [-0.4, -0.2) is 26.3 Å². The number of amides is 1. The van der Waals surface area contributed by atoms with E-state index in [1.54, 1.807) is 4.57 Å². The first-order valence-corrected chi connectivity index (χ1v) is 9.91. The molecule has 0 radical (unpaired) electrons. The van der Waals surface area contributed by atoms with Crippen LogP contribution in [0, 0.1) is 17.8 Å². The zero-order valence-corrected chi connectivity index (χ0v) is 15.8. The fourth-order valence-corrected chi connectivity index (χ4v) is 4.48. The van der Waals surface area contributed by atoms with E-state index in [9.17, 15) is 9.59 Å². The van der Waals surface area contributed by atoms with Crippen molar-refractivity contribution in [2.45, 2.75) is 84.8 Å². The quantitative estimate of drug-likeness (QED) is 0.908. The van der Waals surface area contributed by atoms with Crippen LogP contribution in [0.3, 0.4) is 0 Å². The molecule has 1 aromatic heterocycles. The van der Waals surface area contributed by atoms with Crippen LogP contribution < -0.4 is 11.0 Å². The number of rotatable bonds is 4. The SMILES string of the molecule is CC1CCC(C(C)C)C(NC(=O)Cn2nc3n(c2=O)CCCCC3)C1. The van der Waals surface area contributed by atoms with E-state index < -0.39 is 0 Å². The van der Waals surface area contributed by atoms with Crippen LogP contribution in [0.25, 0.3) is 0 Å². The van der Waals surface area contributed by atoms with Crippen molar-refractivity contribution in [2.24, 2.45) is 17.8 Å². The Morgan fingerprint density at radius 3 is 2.84 bits per heavy atom. The van der Waals surface area contributed by atoms with Crippen molar-refractivity contribution in [1.29, 1.82) is 0 Å². The average molecular weight is 348 g/mol. The number of hydrogen-bond acceptors (Lipinski definition) is 3. The molecule has 1 fully saturated rings. The van der Waals surface area contributed by atoms with Gasteiger partial charge in [0, 0.05) is 19.0 Å². The maximum Gasteiger partial charge on any atom is 0.346 e. The van der Waals surface area contributed by atoms with Crippen LogP contribution in [0.5, 0.6) is 0 Å². The van der Waals surface area contributed by atoms with Crippen LogP contribution in [-0.2, 0) is 24.3 Å². The molecule has 3 atom stereocenters. The summed E-state index contributed by atoms with van der Waals surface area (Å²) in [6.45, 7) is 7.49. The zero-order valence-electron chi connectivity index (χ0n) is 15.8. The first-order valence-electron chi connectivity index (χ1n) is 9.91. The molecule has 25 heavy (non-hydrogen) atoms. The smallest absolute Gasteiger partial charge is 0.346 e. The average Bonchev–Trinajstić information content (AvgIpc) is 2.73. The number of aryl methyl sites for hydroxylation is 1. The third-order valence-corrected chi connectivity index (χ3v) is 5.94. The third-order valence-electron chi connectivity index (χ3n) is 5.94. The van der Waals surface area contributed by atoms with Crippen LogP contribution >= 0.6 is 0 Å². The lowest BCUT2D eigenvalue weighted by Gasteiger charge is -2.37. The maximum absolute atomic E-state index is 12.6. The van der Waals surface area contributed by atoms with Gasteiger partial charge in [-0.3, -0.25) is 9.36 Å². The summed E-state index contributed by atoms with van der Waals surface area (Å²) in [5.74, 6) is 2.48. The van der Waals surface area contributed by atoms with E-state index in [4.69, 9.17) is 0 Å². The minimum Gasteiger partial charge on any atom is -0.351 e. The maximum atomic E-state index is 12.6. The first kappa shape index (κ1) is 18.2. The van der Waals surface area contributed by atoms with Crippen molar-refractivity contribution in [2.75, 3.05) is 0 Å². The number of carbonyl (C=O) groups excluding carboxylic acids is 1. The molecule has 3 rings (SSSR count). The third kappa shape index (κ3) is 4.15. The number of nitrogens with zero attached hydrogens (tertiary/aromatic N) is 3. The number of carbonyl (C=O) groups is 1. The number of fused-ring (bicyclic) bond motifs is 1. The van der Waals surface area contributed by atoms with Crippen LogP contribution in [0.4, 0.5) is 0 Å². The van der Waals surface area contributed by atoms with Crippen LogP contribution in [0.1, 0.15) is 65.1 Å². The molecule has 1 aliphatic carbocycles. The van der Waals surface area contributed by atoms with Gasteiger partial charge < -0.3 is 5.32 Å². The van der Waals surface area contributed by atoms with Gasteiger partial charge in [0.2, 0.25) is 5.91 Å². The van der Waals surface area contributed by atoms with Gasteiger partial charge >= 0.3 is 5.69 Å². The second kappa shape index (κ2) is 7.75. The van der Waals surface area contributed by atoms with E-state index in [1.165, 1.54) is 17.5 Å². The molecule has 1 aromatic rings. The lowest BCUT2D eigenvalue weighted by atomic mass is 9.74. The molecule has 6 nitrogen and oxygen atoms in total. The topological polar surface area (TPSA) is 68.9 Å². The molecule has 3 unspecified atom stereocenters. The summed E-state index contributed by atoms with van der Waals surface area (Å²) in [6, 6.07) is 0.215. The number of hydrogen-bond donors (Lipinski definition) is 1. The summed E-state index contributed by atoms with van der Waals surface area (Å²) < 4.78 is 3.10. The highest BCUT2D eigenvalue weighted by Gasteiger charge is 2.31. The molecule has 0 bridgehead atoms. The Balaban J connectivity index is 1.67. The molecule has 2 aliphatic rings. The van der Waals surface area contributed by atoms with Gasteiger partial charge in [-0.2, -0.15) is 5.10 Å². The molecule has 1 N–H and O–H groups in total. The Morgan fingerprint density at radius 2 is 2.08 bits per heavy atom. The minimum atomic E-state index is -0.135. The van der Waals surface area contributed by atoms with Gasteiger partial charge in [0.05, 0.1) is 0 Å². The Labute approximate surface area is 150 Å².